The number of anilines is 1. The summed E-state index contributed by atoms with van der Waals surface area (Å²) in [6.45, 7) is 4.73. The van der Waals surface area contributed by atoms with Gasteiger partial charge in [0.15, 0.2) is 0 Å². The molecule has 1 unspecified atom stereocenters. The molecule has 0 bridgehead atoms. The van der Waals surface area contributed by atoms with Crippen LogP contribution in [-0.2, 0) is 16.4 Å². The van der Waals surface area contributed by atoms with E-state index >= 15 is 0 Å². The highest BCUT2D eigenvalue weighted by molar-refractivity contribution is 7.92. The molecule has 118 valence electrons. The number of ether oxygens (including phenoxy) is 1. The Kier molecular flexibility index (Phi) is 5.14. The maximum atomic E-state index is 12.6. The Morgan fingerprint density at radius 3 is 2.71 bits per heavy atom. The Balaban J connectivity index is 2.39. The van der Waals surface area contributed by atoms with Crippen molar-refractivity contribution < 1.29 is 13.2 Å². The lowest BCUT2D eigenvalue weighted by atomic mass is 9.92. The van der Waals surface area contributed by atoms with Gasteiger partial charge in [-0.15, -0.1) is 0 Å². The highest BCUT2D eigenvalue weighted by atomic mass is 32.2. The van der Waals surface area contributed by atoms with E-state index < -0.39 is 10.0 Å². The molecule has 1 aromatic carbocycles. The van der Waals surface area contributed by atoms with Gasteiger partial charge in [0, 0.05) is 6.54 Å². The Morgan fingerprint density at radius 2 is 2.10 bits per heavy atom. The first-order valence-corrected chi connectivity index (χ1v) is 9.30. The second kappa shape index (κ2) is 6.69. The summed E-state index contributed by atoms with van der Waals surface area (Å²) < 4.78 is 32.1. The van der Waals surface area contributed by atoms with E-state index in [-0.39, 0.29) is 5.75 Å². The second-order valence-corrected chi connectivity index (χ2v) is 7.69. The minimum absolute atomic E-state index is 0.228. The first kappa shape index (κ1) is 16.1. The third-order valence-electron chi connectivity index (χ3n) is 4.16. The summed E-state index contributed by atoms with van der Waals surface area (Å²) in [6.07, 6.45) is 3.50. The van der Waals surface area contributed by atoms with Crippen molar-refractivity contribution in [1.29, 1.82) is 0 Å². The van der Waals surface area contributed by atoms with Crippen LogP contribution < -0.4 is 9.04 Å². The van der Waals surface area contributed by atoms with Crippen LogP contribution in [0.15, 0.2) is 18.2 Å². The number of fused-ring (bicyclic) bond motifs is 1. The summed E-state index contributed by atoms with van der Waals surface area (Å²) in [4.78, 5) is 0. The molecule has 1 aromatic rings. The van der Waals surface area contributed by atoms with Crippen molar-refractivity contribution >= 4 is 15.7 Å². The molecule has 0 fully saturated rings. The van der Waals surface area contributed by atoms with Crippen LogP contribution in [0.5, 0.6) is 5.75 Å². The van der Waals surface area contributed by atoms with Crippen LogP contribution in [0, 0.1) is 5.92 Å². The molecule has 0 spiro atoms. The molecule has 0 radical (unpaired) electrons. The topological polar surface area (TPSA) is 46.6 Å². The van der Waals surface area contributed by atoms with E-state index in [2.05, 4.69) is 6.92 Å². The lowest BCUT2D eigenvalue weighted by molar-refractivity contribution is 0.412. The van der Waals surface area contributed by atoms with Crippen molar-refractivity contribution in [3.05, 3.63) is 23.8 Å². The zero-order valence-electron chi connectivity index (χ0n) is 13.1. The monoisotopic (exact) mass is 311 g/mol. The van der Waals surface area contributed by atoms with Gasteiger partial charge in [0.2, 0.25) is 10.0 Å². The van der Waals surface area contributed by atoms with Crippen LogP contribution in [0.25, 0.3) is 0 Å². The SMILES string of the molecule is CCCCS(=O)(=O)N1CC(CC)Cc2cc(OC)ccc21. The summed E-state index contributed by atoms with van der Waals surface area (Å²) in [5.74, 6) is 1.39. The van der Waals surface area contributed by atoms with Crippen molar-refractivity contribution in [1.82, 2.24) is 0 Å². The molecule has 1 heterocycles. The zero-order chi connectivity index (χ0) is 15.5. The molecule has 4 nitrogen and oxygen atoms in total. The predicted molar refractivity (Wildman–Crippen MR) is 86.5 cm³/mol. The van der Waals surface area contributed by atoms with Crippen LogP contribution in [0.2, 0.25) is 0 Å². The summed E-state index contributed by atoms with van der Waals surface area (Å²) in [7, 11) is -1.59. The zero-order valence-corrected chi connectivity index (χ0v) is 13.9. The van der Waals surface area contributed by atoms with Gasteiger partial charge in [0.25, 0.3) is 0 Å². The van der Waals surface area contributed by atoms with E-state index in [4.69, 9.17) is 4.74 Å². The van der Waals surface area contributed by atoms with Gasteiger partial charge in [0.1, 0.15) is 5.75 Å². The van der Waals surface area contributed by atoms with E-state index in [1.165, 1.54) is 0 Å². The van der Waals surface area contributed by atoms with Crippen molar-refractivity contribution in [3.8, 4) is 5.75 Å². The maximum absolute atomic E-state index is 12.6. The van der Waals surface area contributed by atoms with Gasteiger partial charge in [-0.1, -0.05) is 26.7 Å². The Morgan fingerprint density at radius 1 is 1.33 bits per heavy atom. The molecule has 1 aliphatic heterocycles. The average Bonchev–Trinajstić information content (AvgIpc) is 2.51. The number of methoxy groups -OCH3 is 1. The number of benzene rings is 1. The molecule has 0 amide bonds. The Bertz CT molecular complexity index is 583. The standard InChI is InChI=1S/C16H25NO3S/c1-4-6-9-21(18,19)17-12-13(5-2)10-14-11-15(20-3)7-8-16(14)17/h7-8,11,13H,4-6,9-10,12H2,1-3H3. The molecule has 1 atom stereocenters. The number of sulfonamides is 1. The maximum Gasteiger partial charge on any atom is 0.235 e. The third kappa shape index (κ3) is 3.51. The van der Waals surface area contributed by atoms with Gasteiger partial charge in [-0.3, -0.25) is 4.31 Å². The Labute approximate surface area is 128 Å². The first-order chi connectivity index (χ1) is 10.0. The van der Waals surface area contributed by atoms with Gasteiger partial charge < -0.3 is 4.74 Å². The number of nitrogens with zero attached hydrogens (tertiary/aromatic N) is 1. The highest BCUT2D eigenvalue weighted by Crippen LogP contribution is 2.35. The molecule has 0 N–H and O–H groups in total. The fourth-order valence-corrected chi connectivity index (χ4v) is 4.57. The van der Waals surface area contributed by atoms with Crippen LogP contribution in [0.3, 0.4) is 0 Å². The van der Waals surface area contributed by atoms with E-state index in [9.17, 15) is 8.42 Å². The molecule has 0 aliphatic carbocycles. The van der Waals surface area contributed by atoms with E-state index in [0.29, 0.717) is 18.9 Å². The summed E-state index contributed by atoms with van der Waals surface area (Å²) in [5.41, 5.74) is 1.91. The van der Waals surface area contributed by atoms with Crippen molar-refractivity contribution in [2.75, 3.05) is 23.7 Å². The van der Waals surface area contributed by atoms with Gasteiger partial charge in [-0.25, -0.2) is 8.42 Å². The van der Waals surface area contributed by atoms with Gasteiger partial charge >= 0.3 is 0 Å². The predicted octanol–water partition coefficient (Wildman–Crippen LogP) is 3.21. The number of unbranched alkanes of at least 4 members (excludes halogenated alkanes) is 1. The van der Waals surface area contributed by atoms with Crippen molar-refractivity contribution in [2.24, 2.45) is 5.92 Å². The minimum Gasteiger partial charge on any atom is -0.497 e. The normalized spacial score (nSPS) is 18.4. The smallest absolute Gasteiger partial charge is 0.235 e. The number of rotatable bonds is 6. The molecule has 0 saturated carbocycles. The number of hydrogen-bond acceptors (Lipinski definition) is 3. The van der Waals surface area contributed by atoms with E-state index in [1.54, 1.807) is 11.4 Å². The summed E-state index contributed by atoms with van der Waals surface area (Å²) in [6, 6.07) is 5.69. The molecule has 1 aliphatic rings. The van der Waals surface area contributed by atoms with Crippen molar-refractivity contribution in [2.45, 2.75) is 39.5 Å². The molecule has 5 heteroatoms. The summed E-state index contributed by atoms with van der Waals surface area (Å²) in [5, 5.41) is 0. The fourth-order valence-electron chi connectivity index (χ4n) is 2.78. The minimum atomic E-state index is -3.23. The lowest BCUT2D eigenvalue weighted by Gasteiger charge is -2.35. The highest BCUT2D eigenvalue weighted by Gasteiger charge is 2.31. The van der Waals surface area contributed by atoms with E-state index in [1.807, 2.05) is 25.1 Å². The molecule has 2 rings (SSSR count). The van der Waals surface area contributed by atoms with Crippen LogP contribution >= 0.6 is 0 Å². The largest absolute Gasteiger partial charge is 0.497 e. The quantitative estimate of drug-likeness (QED) is 0.810. The van der Waals surface area contributed by atoms with Crippen LogP contribution in [0.1, 0.15) is 38.7 Å². The van der Waals surface area contributed by atoms with Crippen LogP contribution in [0.4, 0.5) is 5.69 Å². The molecule has 0 aromatic heterocycles. The van der Waals surface area contributed by atoms with Crippen LogP contribution in [-0.4, -0.2) is 27.8 Å². The van der Waals surface area contributed by atoms with Gasteiger partial charge in [-0.2, -0.15) is 0 Å². The second-order valence-electron chi connectivity index (χ2n) is 5.67. The third-order valence-corrected chi connectivity index (χ3v) is 5.98. The fraction of sp³-hybridized carbons (Fsp3) is 0.625. The molecule has 21 heavy (non-hydrogen) atoms. The van der Waals surface area contributed by atoms with Gasteiger partial charge in [0.05, 0.1) is 18.6 Å². The molecular formula is C16H25NO3S. The Hall–Kier alpha value is -1.23. The van der Waals surface area contributed by atoms with Crippen molar-refractivity contribution in [3.63, 3.8) is 0 Å². The summed E-state index contributed by atoms with van der Waals surface area (Å²) >= 11 is 0. The van der Waals surface area contributed by atoms with Gasteiger partial charge in [-0.05, 0) is 42.5 Å². The number of hydrogen-bond donors (Lipinski definition) is 0. The first-order valence-electron chi connectivity index (χ1n) is 7.69. The lowest BCUT2D eigenvalue weighted by Crippen LogP contribution is -2.41. The molecule has 0 saturated heterocycles. The molecular weight excluding hydrogens is 286 g/mol. The average molecular weight is 311 g/mol. The van der Waals surface area contributed by atoms with E-state index in [0.717, 1.165) is 36.3 Å².